The number of aryl methyl sites for hydroxylation is 2. The van der Waals surface area contributed by atoms with Gasteiger partial charge in [-0.05, 0) is 98.7 Å². The van der Waals surface area contributed by atoms with Crippen LogP contribution in [0, 0.1) is 30.6 Å². The average Bonchev–Trinajstić information content (AvgIpc) is 3.40. The van der Waals surface area contributed by atoms with Gasteiger partial charge in [0.2, 0.25) is 11.8 Å². The van der Waals surface area contributed by atoms with E-state index in [1.165, 1.54) is 12.1 Å². The standard InChI is InChI=1S/C42H54N6O4S/c1-27-14-11-15-28(2)37(27)34-21-36-45-39(44-34)46-53(50,51)33-18-12-16-29(20-33)38(49)47(32(26-52-36)23-40(3,4)5)25-31-17-13-19-35(43-31)48-24-30(41(6,7)8)22-42(48,9)10/h11-21,30,32H,22-26H2,1-10H3,(H,44,45,46)/t30?,32-/m1/s1. The van der Waals surface area contributed by atoms with Gasteiger partial charge < -0.3 is 14.5 Å². The van der Waals surface area contributed by atoms with Crippen LogP contribution in [0.2, 0.25) is 0 Å². The molecule has 1 N–H and O–H groups in total. The Bertz CT molecular complexity index is 2100. The smallest absolute Gasteiger partial charge is 0.264 e. The zero-order chi connectivity index (χ0) is 38.5. The predicted octanol–water partition coefficient (Wildman–Crippen LogP) is 8.45. The van der Waals surface area contributed by atoms with Crippen molar-refractivity contribution in [2.75, 3.05) is 22.8 Å². The van der Waals surface area contributed by atoms with Crippen molar-refractivity contribution >= 4 is 27.7 Å². The highest BCUT2D eigenvalue weighted by Gasteiger charge is 2.43. The van der Waals surface area contributed by atoms with E-state index in [-0.39, 0.29) is 57.7 Å². The molecule has 0 saturated carbocycles. The van der Waals surface area contributed by atoms with E-state index >= 15 is 0 Å². The highest BCUT2D eigenvalue weighted by Crippen LogP contribution is 2.43. The topological polar surface area (TPSA) is 118 Å². The molecule has 2 aliphatic rings. The SMILES string of the molecule is Cc1cccc(C)c1-c1cc2nc(n1)NS(=O)(=O)c1cccc(c1)C(=O)N(Cc1cccc(N3CC(C(C)(C)C)CC3(C)C)n1)[C@H](CC(C)(C)C)CO2. The zero-order valence-corrected chi connectivity index (χ0v) is 33.6. The van der Waals surface area contributed by atoms with Crippen molar-refractivity contribution in [3.8, 4) is 17.1 Å². The largest absolute Gasteiger partial charge is 0.475 e. The van der Waals surface area contributed by atoms with Gasteiger partial charge in [-0.25, -0.2) is 23.1 Å². The van der Waals surface area contributed by atoms with Gasteiger partial charge in [-0.15, -0.1) is 0 Å². The monoisotopic (exact) mass is 738 g/mol. The Balaban J connectivity index is 1.45. The van der Waals surface area contributed by atoms with Crippen LogP contribution < -0.4 is 14.4 Å². The van der Waals surface area contributed by atoms with E-state index in [0.29, 0.717) is 18.0 Å². The Labute approximate surface area is 315 Å². The number of hydrogen-bond donors (Lipinski definition) is 1. The summed E-state index contributed by atoms with van der Waals surface area (Å²) in [6, 6.07) is 19.4. The molecule has 10 nitrogen and oxygen atoms in total. The second kappa shape index (κ2) is 14.0. The highest BCUT2D eigenvalue weighted by atomic mass is 32.2. The van der Waals surface area contributed by atoms with Crippen LogP contribution in [0.4, 0.5) is 11.8 Å². The molecule has 1 fully saturated rings. The lowest BCUT2D eigenvalue weighted by Crippen LogP contribution is -2.45. The molecule has 0 aliphatic carbocycles. The molecule has 1 unspecified atom stereocenters. The summed E-state index contributed by atoms with van der Waals surface area (Å²) in [5.41, 5.74) is 4.25. The number of rotatable bonds is 5. The first-order valence-electron chi connectivity index (χ1n) is 18.5. The normalized spacial score (nSPS) is 20.2. The van der Waals surface area contributed by atoms with E-state index in [2.05, 4.69) is 81.0 Å². The van der Waals surface area contributed by atoms with Crippen LogP contribution in [-0.4, -0.2) is 58.9 Å². The van der Waals surface area contributed by atoms with Crippen LogP contribution in [0.3, 0.4) is 0 Å². The van der Waals surface area contributed by atoms with Gasteiger partial charge >= 0.3 is 0 Å². The van der Waals surface area contributed by atoms with Gasteiger partial charge in [-0.3, -0.25) is 4.79 Å². The van der Waals surface area contributed by atoms with Gasteiger partial charge in [0, 0.05) is 29.3 Å². The number of carbonyl (C=O) groups excluding carboxylic acids is 1. The van der Waals surface area contributed by atoms with Crippen molar-refractivity contribution in [1.82, 2.24) is 19.9 Å². The summed E-state index contributed by atoms with van der Waals surface area (Å²) < 4.78 is 36.7. The maximum absolute atomic E-state index is 14.7. The number of nitrogens with zero attached hydrogens (tertiary/aromatic N) is 5. The fourth-order valence-corrected chi connectivity index (χ4v) is 8.64. The summed E-state index contributed by atoms with van der Waals surface area (Å²) in [5, 5.41) is 0. The number of hydrogen-bond acceptors (Lipinski definition) is 8. The lowest BCUT2D eigenvalue weighted by molar-refractivity contribution is 0.0509. The van der Waals surface area contributed by atoms with Crippen LogP contribution in [0.15, 0.2) is 71.6 Å². The number of anilines is 2. The van der Waals surface area contributed by atoms with Gasteiger partial charge in [0.1, 0.15) is 12.4 Å². The number of fused-ring (bicyclic) bond motifs is 4. The van der Waals surface area contributed by atoms with E-state index in [4.69, 9.17) is 9.72 Å². The molecular weight excluding hydrogens is 685 g/mol. The minimum absolute atomic E-state index is 0.0664. The van der Waals surface area contributed by atoms with E-state index < -0.39 is 16.1 Å². The number of amides is 1. The second-order valence-electron chi connectivity index (χ2n) is 17.7. The molecule has 1 amide bonds. The van der Waals surface area contributed by atoms with Gasteiger partial charge in [0.25, 0.3) is 15.9 Å². The van der Waals surface area contributed by atoms with E-state index in [1.54, 1.807) is 23.1 Å². The Morgan fingerprint density at radius 1 is 0.906 bits per heavy atom. The Hall–Kier alpha value is -4.51. The lowest BCUT2D eigenvalue weighted by atomic mass is 9.78. The zero-order valence-electron chi connectivity index (χ0n) is 32.8. The summed E-state index contributed by atoms with van der Waals surface area (Å²) >= 11 is 0. The van der Waals surface area contributed by atoms with Gasteiger partial charge in [0.05, 0.1) is 28.9 Å². The summed E-state index contributed by atoms with van der Waals surface area (Å²) in [4.78, 5) is 33.2. The van der Waals surface area contributed by atoms with Crippen molar-refractivity contribution in [3.63, 3.8) is 0 Å². The third-order valence-corrected chi connectivity index (χ3v) is 11.9. The number of aromatic nitrogens is 3. The Morgan fingerprint density at radius 3 is 2.25 bits per heavy atom. The van der Waals surface area contributed by atoms with E-state index in [0.717, 1.165) is 41.2 Å². The van der Waals surface area contributed by atoms with Gasteiger partial charge in [0.15, 0.2) is 0 Å². The quantitative estimate of drug-likeness (QED) is 0.217. The van der Waals surface area contributed by atoms with Crippen LogP contribution in [0.25, 0.3) is 11.3 Å². The van der Waals surface area contributed by atoms with Crippen LogP contribution in [0.1, 0.15) is 95.4 Å². The summed E-state index contributed by atoms with van der Waals surface area (Å²) in [6.07, 6.45) is 1.66. The van der Waals surface area contributed by atoms with Crippen molar-refractivity contribution in [1.29, 1.82) is 0 Å². The van der Waals surface area contributed by atoms with Crippen molar-refractivity contribution in [3.05, 3.63) is 89.1 Å². The molecule has 6 rings (SSSR count). The first-order valence-corrected chi connectivity index (χ1v) is 19.9. The van der Waals surface area contributed by atoms with Crippen LogP contribution in [-0.2, 0) is 16.6 Å². The van der Waals surface area contributed by atoms with Gasteiger partial charge in [-0.2, -0.15) is 4.98 Å². The lowest BCUT2D eigenvalue weighted by Gasteiger charge is -2.36. The van der Waals surface area contributed by atoms with Crippen molar-refractivity contribution in [2.24, 2.45) is 16.7 Å². The first-order chi connectivity index (χ1) is 24.7. The number of ether oxygens (including phenoxy) is 1. The molecule has 0 radical (unpaired) electrons. The maximum atomic E-state index is 14.7. The van der Waals surface area contributed by atoms with Crippen LogP contribution >= 0.6 is 0 Å². The minimum Gasteiger partial charge on any atom is -0.475 e. The fourth-order valence-electron chi connectivity index (χ4n) is 7.66. The summed E-state index contributed by atoms with van der Waals surface area (Å²) in [6.45, 7) is 23.0. The summed E-state index contributed by atoms with van der Waals surface area (Å²) in [5.74, 6) is 1.17. The Morgan fingerprint density at radius 2 is 1.58 bits per heavy atom. The van der Waals surface area contributed by atoms with Crippen LogP contribution in [0.5, 0.6) is 5.88 Å². The van der Waals surface area contributed by atoms with Gasteiger partial charge in [-0.1, -0.05) is 71.9 Å². The minimum atomic E-state index is -4.18. The Kier molecular flexibility index (Phi) is 10.1. The van der Waals surface area contributed by atoms with Crippen molar-refractivity contribution < 1.29 is 17.9 Å². The summed E-state index contributed by atoms with van der Waals surface area (Å²) in [7, 11) is -4.18. The molecule has 2 aliphatic heterocycles. The molecule has 53 heavy (non-hydrogen) atoms. The molecule has 2 atom stereocenters. The number of pyridine rings is 1. The third-order valence-electron chi connectivity index (χ3n) is 10.5. The first kappa shape index (κ1) is 38.2. The number of sulfonamides is 1. The van der Waals surface area contributed by atoms with Crippen molar-refractivity contribution in [2.45, 2.75) is 105 Å². The molecule has 2 aromatic heterocycles. The molecule has 282 valence electrons. The number of carbonyl (C=O) groups is 1. The molecule has 2 aromatic carbocycles. The molecule has 11 heteroatoms. The van der Waals surface area contributed by atoms with E-state index in [9.17, 15) is 13.2 Å². The number of nitrogens with one attached hydrogen (secondary N) is 1. The molecule has 1 saturated heterocycles. The second-order valence-corrected chi connectivity index (χ2v) is 19.3. The van der Waals surface area contributed by atoms with E-state index in [1.807, 2.05) is 44.2 Å². The molecular formula is C42H54N6O4S. The molecule has 0 spiro atoms. The predicted molar refractivity (Wildman–Crippen MR) is 211 cm³/mol. The third kappa shape index (κ3) is 8.51. The highest BCUT2D eigenvalue weighted by molar-refractivity contribution is 7.92. The fraction of sp³-hybridized carbons (Fsp3) is 0.476. The maximum Gasteiger partial charge on any atom is 0.264 e. The average molecular weight is 739 g/mol. The molecule has 4 bridgehead atoms. The number of benzene rings is 2. The molecule has 4 heterocycles. The molecule has 4 aromatic rings.